The van der Waals surface area contributed by atoms with Gasteiger partial charge in [-0.3, -0.25) is 14.0 Å². The van der Waals surface area contributed by atoms with Gasteiger partial charge in [0.1, 0.15) is 0 Å². The molecule has 29 heavy (non-hydrogen) atoms. The third-order valence-electron chi connectivity index (χ3n) is 4.65. The van der Waals surface area contributed by atoms with Gasteiger partial charge in [0.25, 0.3) is 5.56 Å². The minimum atomic E-state index is -0.581. The molecule has 0 amide bonds. The van der Waals surface area contributed by atoms with Crippen LogP contribution in [-0.2, 0) is 16.6 Å². The van der Waals surface area contributed by atoms with Crippen LogP contribution in [0, 0.1) is 0 Å². The van der Waals surface area contributed by atoms with Crippen LogP contribution in [0.4, 0.5) is 0 Å². The number of benzene rings is 1. The van der Waals surface area contributed by atoms with Crippen molar-refractivity contribution in [3.63, 3.8) is 0 Å². The summed E-state index contributed by atoms with van der Waals surface area (Å²) in [6.07, 6.45) is 5.33. The summed E-state index contributed by atoms with van der Waals surface area (Å²) in [7, 11) is 1.82. The fourth-order valence-electron chi connectivity index (χ4n) is 3.41. The molecule has 1 aromatic carbocycles. The number of hydrogen-bond acceptors (Lipinski definition) is 6. The number of hydrogen-bond donors (Lipinski definition) is 0. The molecule has 7 nitrogen and oxygen atoms in total. The van der Waals surface area contributed by atoms with E-state index in [1.54, 1.807) is 35.4 Å². The molecule has 1 aliphatic heterocycles. The van der Waals surface area contributed by atoms with E-state index in [-0.39, 0.29) is 12.2 Å². The monoisotopic (exact) mass is 408 g/mol. The van der Waals surface area contributed by atoms with Crippen molar-refractivity contribution >= 4 is 23.4 Å². The molecular formula is C21H20N4O3S. The Morgan fingerprint density at radius 1 is 1.31 bits per heavy atom. The molecule has 0 radical (unpaired) electrons. The van der Waals surface area contributed by atoms with Gasteiger partial charge in [0.15, 0.2) is 4.80 Å². The van der Waals surface area contributed by atoms with Gasteiger partial charge in [-0.05, 0) is 25.5 Å². The second kappa shape index (κ2) is 7.63. The highest BCUT2D eigenvalue weighted by atomic mass is 32.1. The summed E-state index contributed by atoms with van der Waals surface area (Å²) >= 11 is 1.30. The highest BCUT2D eigenvalue weighted by Crippen LogP contribution is 2.30. The van der Waals surface area contributed by atoms with Crippen molar-refractivity contribution in [3.05, 3.63) is 84.8 Å². The Morgan fingerprint density at radius 2 is 2.07 bits per heavy atom. The van der Waals surface area contributed by atoms with Crippen molar-refractivity contribution in [3.8, 4) is 0 Å². The zero-order valence-corrected chi connectivity index (χ0v) is 17.1. The van der Waals surface area contributed by atoms with Crippen LogP contribution in [-0.4, -0.2) is 26.9 Å². The molecule has 0 aliphatic carbocycles. The third kappa shape index (κ3) is 3.47. The first-order valence-electron chi connectivity index (χ1n) is 9.23. The first-order valence-corrected chi connectivity index (χ1v) is 10.0. The molecule has 1 aliphatic rings. The highest BCUT2D eigenvalue weighted by molar-refractivity contribution is 7.07. The Morgan fingerprint density at radius 3 is 2.72 bits per heavy atom. The molecule has 0 unspecified atom stereocenters. The number of carbonyl (C=O) groups excluding carboxylic acids is 1. The van der Waals surface area contributed by atoms with Crippen molar-refractivity contribution in [1.82, 2.24) is 14.3 Å². The van der Waals surface area contributed by atoms with E-state index in [1.165, 1.54) is 11.3 Å². The molecule has 0 bridgehead atoms. The predicted molar refractivity (Wildman–Crippen MR) is 110 cm³/mol. The number of aromatic nitrogens is 3. The fraction of sp³-hybridized carbons (Fsp3) is 0.238. The molecule has 0 N–H and O–H groups in total. The molecule has 0 spiro atoms. The van der Waals surface area contributed by atoms with E-state index < -0.39 is 12.0 Å². The van der Waals surface area contributed by atoms with Crippen molar-refractivity contribution in [1.29, 1.82) is 0 Å². The smallest absolute Gasteiger partial charge is 0.338 e. The van der Waals surface area contributed by atoms with Crippen LogP contribution in [0.3, 0.4) is 0 Å². The lowest BCUT2D eigenvalue weighted by Crippen LogP contribution is -2.39. The average molecular weight is 408 g/mol. The number of rotatable bonds is 4. The Balaban J connectivity index is 1.96. The number of allylic oxidation sites excluding steroid dienone is 1. The normalized spacial score (nSPS) is 16.5. The topological polar surface area (TPSA) is 78.5 Å². The number of fused-ring (bicyclic) bond motifs is 1. The fourth-order valence-corrected chi connectivity index (χ4v) is 4.45. The second-order valence-electron chi connectivity index (χ2n) is 6.66. The Labute approximate surface area is 170 Å². The van der Waals surface area contributed by atoms with Gasteiger partial charge in [-0.1, -0.05) is 41.7 Å². The lowest BCUT2D eigenvalue weighted by Gasteiger charge is -2.24. The molecule has 3 heterocycles. The molecular weight excluding hydrogens is 388 g/mol. The number of carbonyl (C=O) groups is 1. The lowest BCUT2D eigenvalue weighted by molar-refractivity contribution is -0.139. The van der Waals surface area contributed by atoms with E-state index in [0.29, 0.717) is 20.6 Å². The maximum absolute atomic E-state index is 13.3. The van der Waals surface area contributed by atoms with Gasteiger partial charge < -0.3 is 4.74 Å². The van der Waals surface area contributed by atoms with Gasteiger partial charge in [-0.15, -0.1) is 0 Å². The number of esters is 1. The second-order valence-corrected chi connectivity index (χ2v) is 7.67. The zero-order valence-electron chi connectivity index (χ0n) is 16.3. The Kier molecular flexibility index (Phi) is 5.02. The van der Waals surface area contributed by atoms with Gasteiger partial charge in [0, 0.05) is 18.8 Å². The van der Waals surface area contributed by atoms with E-state index in [1.807, 2.05) is 43.6 Å². The van der Waals surface area contributed by atoms with E-state index >= 15 is 0 Å². The standard InChI is InChI=1S/C21H20N4O3S/c1-4-28-20(27)17-13(2)23-21-25(18(17)15-8-6-5-7-9-15)19(26)16(29-21)10-14-11-22-24(3)12-14/h5-12,18H,4H2,1-3H3/b16-10+/t18-/m0/s1. The minimum absolute atomic E-state index is 0.194. The van der Waals surface area contributed by atoms with Crippen LogP contribution in [0.5, 0.6) is 0 Å². The molecule has 4 rings (SSSR count). The summed E-state index contributed by atoms with van der Waals surface area (Å²) < 4.78 is 9.08. The quantitative estimate of drug-likeness (QED) is 0.614. The summed E-state index contributed by atoms with van der Waals surface area (Å²) in [6, 6.07) is 8.90. The van der Waals surface area contributed by atoms with E-state index in [9.17, 15) is 9.59 Å². The van der Waals surface area contributed by atoms with Crippen LogP contribution in [0.1, 0.15) is 31.0 Å². The molecule has 0 saturated carbocycles. The van der Waals surface area contributed by atoms with Crippen LogP contribution in [0.25, 0.3) is 6.08 Å². The number of aryl methyl sites for hydroxylation is 1. The summed E-state index contributed by atoms with van der Waals surface area (Å²) in [4.78, 5) is 31.2. The number of ether oxygens (including phenoxy) is 1. The molecule has 2 aromatic heterocycles. The summed E-state index contributed by atoms with van der Waals surface area (Å²) in [5.41, 5.74) is 2.42. The average Bonchev–Trinajstić information content (AvgIpc) is 3.24. The SMILES string of the molecule is CCOC(=O)C1=C(C)N=c2s/c(=C/c3cnn(C)c3)c(=O)n2[C@H]1c1ccccc1. The van der Waals surface area contributed by atoms with E-state index in [2.05, 4.69) is 10.1 Å². The van der Waals surface area contributed by atoms with Gasteiger partial charge in [0.2, 0.25) is 0 Å². The molecule has 3 aromatic rings. The first-order chi connectivity index (χ1) is 14.0. The van der Waals surface area contributed by atoms with Crippen LogP contribution >= 0.6 is 11.3 Å². The summed E-state index contributed by atoms with van der Waals surface area (Å²) in [5.74, 6) is -0.454. The van der Waals surface area contributed by atoms with Gasteiger partial charge >= 0.3 is 5.97 Å². The molecule has 148 valence electrons. The van der Waals surface area contributed by atoms with Crippen LogP contribution in [0.2, 0.25) is 0 Å². The van der Waals surface area contributed by atoms with Gasteiger partial charge in [-0.2, -0.15) is 5.10 Å². The number of nitrogens with zero attached hydrogens (tertiary/aromatic N) is 4. The Bertz CT molecular complexity index is 1280. The molecule has 1 atom stereocenters. The van der Waals surface area contributed by atoms with Gasteiger partial charge in [-0.25, -0.2) is 9.79 Å². The molecule has 8 heteroatoms. The predicted octanol–water partition coefficient (Wildman–Crippen LogP) is 1.53. The van der Waals surface area contributed by atoms with Crippen LogP contribution in [0.15, 0.2) is 63.8 Å². The summed E-state index contributed by atoms with van der Waals surface area (Å²) in [5, 5.41) is 4.14. The van der Waals surface area contributed by atoms with E-state index in [0.717, 1.165) is 11.1 Å². The van der Waals surface area contributed by atoms with Crippen LogP contribution < -0.4 is 14.9 Å². The van der Waals surface area contributed by atoms with Crippen molar-refractivity contribution < 1.29 is 9.53 Å². The van der Waals surface area contributed by atoms with Crippen molar-refractivity contribution in [2.75, 3.05) is 6.61 Å². The maximum atomic E-state index is 13.3. The van der Waals surface area contributed by atoms with Gasteiger partial charge in [0.05, 0.1) is 34.6 Å². The zero-order chi connectivity index (χ0) is 20.5. The number of thiazole rings is 1. The van der Waals surface area contributed by atoms with E-state index in [4.69, 9.17) is 4.74 Å². The Hall–Kier alpha value is -3.26. The molecule has 0 fully saturated rings. The maximum Gasteiger partial charge on any atom is 0.338 e. The minimum Gasteiger partial charge on any atom is -0.463 e. The summed E-state index contributed by atoms with van der Waals surface area (Å²) in [6.45, 7) is 3.79. The van der Waals surface area contributed by atoms with Crippen molar-refractivity contribution in [2.24, 2.45) is 12.0 Å². The third-order valence-corrected chi connectivity index (χ3v) is 5.64. The lowest BCUT2D eigenvalue weighted by atomic mass is 9.96. The molecule has 0 saturated heterocycles. The highest BCUT2D eigenvalue weighted by Gasteiger charge is 2.33. The first kappa shape index (κ1) is 19.1. The van der Waals surface area contributed by atoms with Crippen molar-refractivity contribution in [2.45, 2.75) is 19.9 Å². The largest absolute Gasteiger partial charge is 0.463 e.